The Labute approximate surface area is 138 Å². The van der Waals surface area contributed by atoms with E-state index in [-0.39, 0.29) is 18.4 Å². The average Bonchev–Trinajstić information content (AvgIpc) is 2.54. The molecule has 2 amide bonds. The van der Waals surface area contributed by atoms with Crippen LogP contribution in [0.5, 0.6) is 0 Å². The highest BCUT2D eigenvalue weighted by molar-refractivity contribution is 5.91. The fourth-order valence-electron chi connectivity index (χ4n) is 2.00. The highest BCUT2D eigenvalue weighted by Crippen LogP contribution is 2.15. The van der Waals surface area contributed by atoms with Crippen LogP contribution >= 0.6 is 0 Å². The van der Waals surface area contributed by atoms with Crippen LogP contribution in [0.1, 0.15) is 32.6 Å². The minimum absolute atomic E-state index is 0.0212. The summed E-state index contributed by atoms with van der Waals surface area (Å²) in [6, 6.07) is 7.35. The lowest BCUT2D eigenvalue weighted by Crippen LogP contribution is -2.32. The number of hydrogen-bond donors (Lipinski definition) is 3. The zero-order valence-electron chi connectivity index (χ0n) is 14.0. The van der Waals surface area contributed by atoms with Crippen molar-refractivity contribution in [1.29, 1.82) is 0 Å². The van der Waals surface area contributed by atoms with Gasteiger partial charge in [-0.1, -0.05) is 25.8 Å². The highest BCUT2D eigenvalue weighted by Gasteiger charge is 2.04. The molecule has 3 N–H and O–H groups in total. The Balaban J connectivity index is 2.38. The molecule has 23 heavy (non-hydrogen) atoms. The van der Waals surface area contributed by atoms with Crippen LogP contribution in [0.15, 0.2) is 24.3 Å². The molecule has 0 aliphatic heterocycles. The lowest BCUT2D eigenvalue weighted by Gasteiger charge is -2.10. The van der Waals surface area contributed by atoms with Crippen molar-refractivity contribution < 1.29 is 14.3 Å². The summed E-state index contributed by atoms with van der Waals surface area (Å²) < 4.78 is 4.87. The van der Waals surface area contributed by atoms with Crippen molar-refractivity contribution in [3.63, 3.8) is 0 Å². The highest BCUT2D eigenvalue weighted by atomic mass is 16.5. The normalized spacial score (nSPS) is 10.2. The number of hydrogen-bond acceptors (Lipinski definition) is 4. The number of methoxy groups -OCH3 is 1. The molecule has 128 valence electrons. The Hall–Kier alpha value is -2.08. The van der Waals surface area contributed by atoms with Crippen molar-refractivity contribution in [2.75, 3.05) is 37.4 Å². The molecule has 0 fully saturated rings. The summed E-state index contributed by atoms with van der Waals surface area (Å²) >= 11 is 0. The average molecular weight is 321 g/mol. The van der Waals surface area contributed by atoms with Gasteiger partial charge in [0.05, 0.1) is 13.2 Å². The number of benzene rings is 1. The summed E-state index contributed by atoms with van der Waals surface area (Å²) in [5.41, 5.74) is 1.52. The van der Waals surface area contributed by atoms with Gasteiger partial charge in [0, 0.05) is 31.5 Å². The van der Waals surface area contributed by atoms with Gasteiger partial charge in [0.25, 0.3) is 0 Å². The molecule has 0 unspecified atom stereocenters. The van der Waals surface area contributed by atoms with Gasteiger partial charge in [-0.25, -0.2) is 0 Å². The van der Waals surface area contributed by atoms with Gasteiger partial charge in [0.1, 0.15) is 0 Å². The van der Waals surface area contributed by atoms with Crippen molar-refractivity contribution in [3.8, 4) is 0 Å². The van der Waals surface area contributed by atoms with E-state index in [4.69, 9.17) is 4.74 Å². The molecule has 0 aliphatic rings. The number of rotatable bonds is 11. The van der Waals surface area contributed by atoms with Crippen molar-refractivity contribution in [2.24, 2.45) is 0 Å². The molecule has 0 heterocycles. The number of carbonyl (C=O) groups is 2. The number of anilines is 2. The third-order valence-electron chi connectivity index (χ3n) is 3.24. The molecule has 0 aromatic heterocycles. The standard InChI is InChI=1S/C17H27N3O3/c1-3-4-5-9-16(21)20-15-8-6-7-14(12-15)19-13-17(22)18-10-11-23-2/h6-8,12,19H,3-5,9-11,13H2,1-2H3,(H,18,22)(H,20,21). The summed E-state index contributed by atoms with van der Waals surface area (Å²) in [6.45, 7) is 3.27. The Morgan fingerprint density at radius 2 is 1.91 bits per heavy atom. The van der Waals surface area contributed by atoms with Crippen molar-refractivity contribution >= 4 is 23.2 Å². The largest absolute Gasteiger partial charge is 0.383 e. The van der Waals surface area contributed by atoms with Crippen LogP contribution in [0.25, 0.3) is 0 Å². The van der Waals surface area contributed by atoms with Crippen LogP contribution in [0.4, 0.5) is 11.4 Å². The smallest absolute Gasteiger partial charge is 0.239 e. The second kappa shape index (κ2) is 11.5. The van der Waals surface area contributed by atoms with Gasteiger partial charge in [-0.3, -0.25) is 9.59 Å². The minimum atomic E-state index is -0.101. The zero-order chi connectivity index (χ0) is 16.9. The second-order valence-corrected chi connectivity index (χ2v) is 5.28. The lowest BCUT2D eigenvalue weighted by molar-refractivity contribution is -0.119. The van der Waals surface area contributed by atoms with E-state index in [0.29, 0.717) is 19.6 Å². The first-order chi connectivity index (χ1) is 11.2. The molecule has 0 spiro atoms. The number of amides is 2. The SMILES string of the molecule is CCCCCC(=O)Nc1cccc(NCC(=O)NCCOC)c1. The molecule has 6 heteroatoms. The number of carbonyl (C=O) groups excluding carboxylic acids is 2. The second-order valence-electron chi connectivity index (χ2n) is 5.28. The van der Waals surface area contributed by atoms with Gasteiger partial charge < -0.3 is 20.7 Å². The third kappa shape index (κ3) is 8.83. The number of unbranched alkanes of at least 4 members (excludes halogenated alkanes) is 2. The predicted octanol–water partition coefficient (Wildman–Crippen LogP) is 2.38. The van der Waals surface area contributed by atoms with Crippen molar-refractivity contribution in [1.82, 2.24) is 5.32 Å². The first-order valence-electron chi connectivity index (χ1n) is 8.05. The third-order valence-corrected chi connectivity index (χ3v) is 3.24. The maximum atomic E-state index is 11.8. The van der Waals surface area contributed by atoms with Gasteiger partial charge in [0.2, 0.25) is 11.8 Å². The van der Waals surface area contributed by atoms with Gasteiger partial charge in [0.15, 0.2) is 0 Å². The van der Waals surface area contributed by atoms with Crippen molar-refractivity contribution in [2.45, 2.75) is 32.6 Å². The summed E-state index contributed by atoms with van der Waals surface area (Å²) in [4.78, 5) is 23.4. The van der Waals surface area contributed by atoms with E-state index in [9.17, 15) is 9.59 Å². The molecule has 0 saturated carbocycles. The molecule has 1 aromatic rings. The molecule has 0 bridgehead atoms. The summed E-state index contributed by atoms with van der Waals surface area (Å²) in [6.07, 6.45) is 3.60. The van der Waals surface area contributed by atoms with E-state index >= 15 is 0 Å². The fourth-order valence-corrected chi connectivity index (χ4v) is 2.00. The van der Waals surface area contributed by atoms with E-state index in [2.05, 4.69) is 22.9 Å². The summed E-state index contributed by atoms with van der Waals surface area (Å²) in [5, 5.41) is 8.64. The first-order valence-corrected chi connectivity index (χ1v) is 8.05. The number of ether oxygens (including phenoxy) is 1. The molecular weight excluding hydrogens is 294 g/mol. The summed E-state index contributed by atoms with van der Waals surface area (Å²) in [5.74, 6) is -0.0797. The lowest BCUT2D eigenvalue weighted by atomic mass is 10.2. The Morgan fingerprint density at radius 1 is 1.13 bits per heavy atom. The Kier molecular flexibility index (Phi) is 9.47. The molecular formula is C17H27N3O3. The molecule has 6 nitrogen and oxygen atoms in total. The van der Waals surface area contributed by atoms with Crippen LogP contribution in [0, 0.1) is 0 Å². The summed E-state index contributed by atoms with van der Waals surface area (Å²) in [7, 11) is 1.59. The molecule has 1 rings (SSSR count). The van der Waals surface area contributed by atoms with E-state index in [1.807, 2.05) is 24.3 Å². The maximum absolute atomic E-state index is 11.8. The maximum Gasteiger partial charge on any atom is 0.239 e. The zero-order valence-corrected chi connectivity index (χ0v) is 14.0. The van der Waals surface area contributed by atoms with Crippen molar-refractivity contribution in [3.05, 3.63) is 24.3 Å². The van der Waals surface area contributed by atoms with Crippen LogP contribution < -0.4 is 16.0 Å². The Morgan fingerprint density at radius 3 is 2.65 bits per heavy atom. The minimum Gasteiger partial charge on any atom is -0.383 e. The molecule has 1 aromatic carbocycles. The quantitative estimate of drug-likeness (QED) is 0.547. The molecule has 0 radical (unpaired) electrons. The molecule has 0 aliphatic carbocycles. The van der Waals surface area contributed by atoms with Gasteiger partial charge in [-0.15, -0.1) is 0 Å². The van der Waals surface area contributed by atoms with Gasteiger partial charge in [-0.2, -0.15) is 0 Å². The van der Waals surface area contributed by atoms with Crippen LogP contribution in [-0.2, 0) is 14.3 Å². The predicted molar refractivity (Wildman–Crippen MR) is 92.6 cm³/mol. The van der Waals surface area contributed by atoms with E-state index < -0.39 is 0 Å². The van der Waals surface area contributed by atoms with E-state index in [1.165, 1.54) is 0 Å². The van der Waals surface area contributed by atoms with E-state index in [0.717, 1.165) is 30.6 Å². The van der Waals surface area contributed by atoms with Gasteiger partial charge in [-0.05, 0) is 24.6 Å². The number of nitrogens with one attached hydrogen (secondary N) is 3. The van der Waals surface area contributed by atoms with E-state index in [1.54, 1.807) is 7.11 Å². The fraction of sp³-hybridized carbons (Fsp3) is 0.529. The molecule has 0 saturated heterocycles. The van der Waals surface area contributed by atoms with Crippen LogP contribution in [-0.4, -0.2) is 38.6 Å². The first kappa shape index (κ1) is 19.0. The Bertz CT molecular complexity index is 492. The molecule has 0 atom stereocenters. The monoisotopic (exact) mass is 321 g/mol. The van der Waals surface area contributed by atoms with Crippen LogP contribution in [0.2, 0.25) is 0 Å². The van der Waals surface area contributed by atoms with Crippen LogP contribution in [0.3, 0.4) is 0 Å². The van der Waals surface area contributed by atoms with Gasteiger partial charge >= 0.3 is 0 Å². The topological polar surface area (TPSA) is 79.5 Å².